The number of hydrogen-bond acceptors (Lipinski definition) is 9. The van der Waals surface area contributed by atoms with Crippen LogP contribution in [0.15, 0.2) is 54.6 Å². The van der Waals surface area contributed by atoms with Crippen LogP contribution < -0.4 is 10.6 Å². The minimum absolute atomic E-state index is 0.0152. The zero-order valence-corrected chi connectivity index (χ0v) is 23.9. The van der Waals surface area contributed by atoms with Crippen LogP contribution in [0, 0.1) is 0 Å². The van der Waals surface area contributed by atoms with Crippen LogP contribution in [0.1, 0.15) is 37.0 Å². The number of carboxylic acids is 1. The van der Waals surface area contributed by atoms with Crippen molar-refractivity contribution in [2.75, 3.05) is 24.7 Å². The number of nitrogens with one attached hydrogen (secondary N) is 2. The van der Waals surface area contributed by atoms with Crippen molar-refractivity contribution < 1.29 is 44.3 Å². The molecule has 2 aromatic carbocycles. The summed E-state index contributed by atoms with van der Waals surface area (Å²) in [5.74, 6) is -3.27. The number of thioether (sulfide) groups is 1. The van der Waals surface area contributed by atoms with Crippen LogP contribution in [0.4, 0.5) is 0 Å². The Morgan fingerprint density at radius 3 is 2.37 bits per heavy atom. The highest BCUT2D eigenvalue weighted by atomic mass is 32.2. The van der Waals surface area contributed by atoms with E-state index in [2.05, 4.69) is 10.6 Å². The maximum atomic E-state index is 12.7. The molecule has 0 aliphatic carbocycles. The van der Waals surface area contributed by atoms with E-state index < -0.39 is 67.0 Å². The molecule has 1 fully saturated rings. The summed E-state index contributed by atoms with van der Waals surface area (Å²) >= 11 is 1.65. The maximum absolute atomic E-state index is 12.7. The summed E-state index contributed by atoms with van der Waals surface area (Å²) in [6.45, 7) is 2.78. The molecule has 1 saturated heterocycles. The molecular formula is C29H38N2O9S. The van der Waals surface area contributed by atoms with Gasteiger partial charge in [0.2, 0.25) is 5.91 Å². The first-order chi connectivity index (χ1) is 19.6. The van der Waals surface area contributed by atoms with Crippen molar-refractivity contribution in [2.45, 2.75) is 62.9 Å². The summed E-state index contributed by atoms with van der Waals surface area (Å²) in [6.07, 6.45) is -6.47. The van der Waals surface area contributed by atoms with Gasteiger partial charge in [0.1, 0.15) is 12.2 Å². The van der Waals surface area contributed by atoms with Gasteiger partial charge in [-0.1, -0.05) is 49.4 Å². The first kappa shape index (κ1) is 32.5. The van der Waals surface area contributed by atoms with Crippen molar-refractivity contribution in [1.82, 2.24) is 10.6 Å². The summed E-state index contributed by atoms with van der Waals surface area (Å²) in [5, 5.41) is 47.5. The van der Waals surface area contributed by atoms with Gasteiger partial charge >= 0.3 is 5.97 Å². The lowest BCUT2D eigenvalue weighted by atomic mass is 9.88. The van der Waals surface area contributed by atoms with E-state index in [1.807, 2.05) is 37.3 Å². The topological polar surface area (TPSA) is 175 Å². The van der Waals surface area contributed by atoms with Gasteiger partial charge in [-0.3, -0.25) is 9.59 Å². The van der Waals surface area contributed by atoms with E-state index in [1.54, 1.807) is 36.0 Å². The number of carbonyl (C=O) groups excluding carboxylic acids is 2. The molecule has 0 spiro atoms. The third kappa shape index (κ3) is 8.74. The Hall–Kier alpha value is -3.00. The molecule has 1 heterocycles. The second-order valence-electron chi connectivity index (χ2n) is 9.75. The zero-order valence-electron chi connectivity index (χ0n) is 23.1. The number of carbonyl (C=O) groups is 3. The predicted molar refractivity (Wildman–Crippen MR) is 153 cm³/mol. The minimum Gasteiger partial charge on any atom is -0.477 e. The maximum Gasteiger partial charge on any atom is 0.364 e. The lowest BCUT2D eigenvalue weighted by Crippen LogP contribution is -2.68. The molecule has 2 aromatic rings. The van der Waals surface area contributed by atoms with Crippen LogP contribution in [0.25, 0.3) is 11.1 Å². The van der Waals surface area contributed by atoms with Crippen LogP contribution >= 0.6 is 11.8 Å². The van der Waals surface area contributed by atoms with E-state index in [-0.39, 0.29) is 6.61 Å². The summed E-state index contributed by atoms with van der Waals surface area (Å²) in [7, 11) is 0. The van der Waals surface area contributed by atoms with Crippen molar-refractivity contribution >= 4 is 29.5 Å². The van der Waals surface area contributed by atoms with Gasteiger partial charge in [-0.2, -0.15) is 11.8 Å². The Bertz CT molecular complexity index is 1150. The third-order valence-electron chi connectivity index (χ3n) is 6.70. The average molecular weight is 591 g/mol. The zero-order chi connectivity index (χ0) is 30.0. The second kappa shape index (κ2) is 15.3. The molecule has 1 aliphatic heterocycles. The van der Waals surface area contributed by atoms with E-state index >= 15 is 0 Å². The standard InChI is InChI=1S/C29H38N2O9S/c1-3-41-15-7-14-39-29(28(37)38)16-22(33)24(31-18(2)32)26(40-29)25(35)23(34)17-30-27(36)21-12-10-20(11-13-21)19-8-5-4-6-9-19/h4-6,8-13,22-26,33-35H,3,7,14-17H2,1-2H3,(H,30,36)(H,31,32)(H,37,38)/t22-,23+,24+,25?,26+,29+/m0/s1. The molecule has 1 aliphatic rings. The third-order valence-corrected chi connectivity index (χ3v) is 7.68. The molecule has 2 amide bonds. The van der Waals surface area contributed by atoms with Gasteiger partial charge in [0.25, 0.3) is 11.7 Å². The molecule has 6 N–H and O–H groups in total. The lowest BCUT2D eigenvalue weighted by Gasteiger charge is -2.46. The first-order valence-corrected chi connectivity index (χ1v) is 14.6. The molecule has 0 aromatic heterocycles. The fourth-order valence-electron chi connectivity index (χ4n) is 4.58. The number of hydrogen-bond donors (Lipinski definition) is 6. The van der Waals surface area contributed by atoms with Crippen LogP contribution in [0.2, 0.25) is 0 Å². The monoisotopic (exact) mass is 590 g/mol. The average Bonchev–Trinajstić information content (AvgIpc) is 2.96. The van der Waals surface area contributed by atoms with Crippen molar-refractivity contribution in [3.63, 3.8) is 0 Å². The van der Waals surface area contributed by atoms with E-state index in [4.69, 9.17) is 9.47 Å². The van der Waals surface area contributed by atoms with E-state index in [0.29, 0.717) is 12.0 Å². The Labute approximate surface area is 243 Å². The van der Waals surface area contributed by atoms with Gasteiger partial charge in [-0.25, -0.2) is 4.79 Å². The number of amides is 2. The number of rotatable bonds is 14. The van der Waals surface area contributed by atoms with Gasteiger partial charge in [0.15, 0.2) is 0 Å². The van der Waals surface area contributed by atoms with Gasteiger partial charge in [0, 0.05) is 25.5 Å². The number of aliphatic carboxylic acids is 1. The Kier molecular flexibility index (Phi) is 12.1. The molecular weight excluding hydrogens is 552 g/mol. The molecule has 0 radical (unpaired) electrons. The second-order valence-corrected chi connectivity index (χ2v) is 11.1. The highest BCUT2D eigenvalue weighted by molar-refractivity contribution is 7.99. The molecule has 0 saturated carbocycles. The van der Waals surface area contributed by atoms with Gasteiger partial charge in [0.05, 0.1) is 24.9 Å². The van der Waals surface area contributed by atoms with Gasteiger partial charge in [-0.05, 0) is 41.2 Å². The first-order valence-electron chi connectivity index (χ1n) is 13.5. The normalized spacial score (nSPS) is 23.8. The summed E-state index contributed by atoms with van der Waals surface area (Å²) in [5.41, 5.74) is 2.23. The van der Waals surface area contributed by atoms with Crippen LogP contribution in [-0.4, -0.2) is 99.1 Å². The molecule has 1 unspecified atom stereocenters. The number of ether oxygens (including phenoxy) is 2. The number of aliphatic hydroxyl groups is 3. The largest absolute Gasteiger partial charge is 0.477 e. The van der Waals surface area contributed by atoms with Gasteiger partial charge < -0.3 is 40.5 Å². The SMILES string of the molecule is CCSCCCO[C@]1(C(=O)O)C[C@H](O)[C@@H](NC(C)=O)[C@H](C(O)[C@H](O)CNC(=O)c2ccc(-c3ccccc3)cc2)O1. The van der Waals surface area contributed by atoms with E-state index in [0.717, 1.165) is 22.6 Å². The summed E-state index contributed by atoms with van der Waals surface area (Å²) < 4.78 is 11.3. The van der Waals surface area contributed by atoms with E-state index in [9.17, 15) is 34.8 Å². The minimum atomic E-state index is -2.31. The Balaban J connectivity index is 1.69. The fourth-order valence-corrected chi connectivity index (χ4v) is 5.19. The van der Waals surface area contributed by atoms with Crippen LogP contribution in [0.3, 0.4) is 0 Å². The molecule has 3 rings (SSSR count). The lowest BCUT2D eigenvalue weighted by molar-refractivity contribution is -0.310. The van der Waals surface area contributed by atoms with E-state index in [1.165, 1.54) is 6.92 Å². The van der Waals surface area contributed by atoms with Gasteiger partial charge in [-0.15, -0.1) is 0 Å². The van der Waals surface area contributed by atoms with Crippen molar-refractivity contribution in [2.24, 2.45) is 0 Å². The van der Waals surface area contributed by atoms with Crippen molar-refractivity contribution in [3.05, 3.63) is 60.2 Å². The molecule has 224 valence electrons. The highest BCUT2D eigenvalue weighted by Gasteiger charge is 2.55. The number of benzene rings is 2. The Morgan fingerprint density at radius 1 is 1.10 bits per heavy atom. The summed E-state index contributed by atoms with van der Waals surface area (Å²) in [6, 6.07) is 15.2. The Morgan fingerprint density at radius 2 is 1.76 bits per heavy atom. The predicted octanol–water partition coefficient (Wildman–Crippen LogP) is 1.40. The van der Waals surface area contributed by atoms with Crippen LogP contribution in [0.5, 0.6) is 0 Å². The molecule has 6 atom stereocenters. The molecule has 0 bridgehead atoms. The fraction of sp³-hybridized carbons (Fsp3) is 0.483. The highest BCUT2D eigenvalue weighted by Crippen LogP contribution is 2.34. The number of aliphatic hydroxyl groups excluding tert-OH is 3. The quantitative estimate of drug-likeness (QED) is 0.177. The van der Waals surface area contributed by atoms with Crippen molar-refractivity contribution in [1.29, 1.82) is 0 Å². The number of carboxylic acid groups (broad SMARTS) is 1. The molecule has 11 nitrogen and oxygen atoms in total. The van der Waals surface area contributed by atoms with Crippen molar-refractivity contribution in [3.8, 4) is 11.1 Å². The smallest absolute Gasteiger partial charge is 0.364 e. The summed E-state index contributed by atoms with van der Waals surface area (Å²) in [4.78, 5) is 36.8. The molecule has 12 heteroatoms. The molecule has 41 heavy (non-hydrogen) atoms. The van der Waals surface area contributed by atoms with Crippen LogP contribution in [-0.2, 0) is 19.1 Å².